The lowest BCUT2D eigenvalue weighted by Gasteiger charge is -2.07. The average Bonchev–Trinajstić information content (AvgIpc) is 3.14. The summed E-state index contributed by atoms with van der Waals surface area (Å²) in [6, 6.07) is 11.9. The van der Waals surface area contributed by atoms with Crippen LogP contribution in [0.1, 0.15) is 40.5 Å². The van der Waals surface area contributed by atoms with E-state index < -0.39 is 0 Å². The summed E-state index contributed by atoms with van der Waals surface area (Å²) in [7, 11) is 1.56. The molecule has 1 aromatic heterocycles. The molecule has 0 aliphatic heterocycles. The molecule has 1 amide bonds. The van der Waals surface area contributed by atoms with Gasteiger partial charge in [-0.3, -0.25) is 10.1 Å². The molecule has 0 unspecified atom stereocenters. The highest BCUT2D eigenvalue weighted by molar-refractivity contribution is 7.80. The lowest BCUT2D eigenvalue weighted by molar-refractivity contribution is 0.0500. The molecule has 2 aromatic carbocycles. The summed E-state index contributed by atoms with van der Waals surface area (Å²) in [6.45, 7) is 2.45. The van der Waals surface area contributed by atoms with Crippen molar-refractivity contribution in [3.63, 3.8) is 0 Å². The number of carbonyl (C=O) groups excluding carboxylic acids is 2. The van der Waals surface area contributed by atoms with Crippen LogP contribution in [0.15, 0.2) is 42.5 Å². The summed E-state index contributed by atoms with van der Waals surface area (Å²) in [5.41, 5.74) is 1.65. The molecule has 2 N–H and O–H groups in total. The molecule has 156 valence electrons. The van der Waals surface area contributed by atoms with Gasteiger partial charge in [-0.25, -0.2) is 9.78 Å². The SMILES string of the molecule is CCCCOC(=O)c1ccc2nc(NC(=S)NC(=O)c3ccc(OC)cc3)sc2c1. The number of anilines is 1. The third-order valence-corrected chi connectivity index (χ3v) is 5.29. The van der Waals surface area contributed by atoms with E-state index in [4.69, 9.17) is 21.7 Å². The number of carbonyl (C=O) groups is 2. The zero-order valence-corrected chi connectivity index (χ0v) is 18.2. The predicted octanol–water partition coefficient (Wildman–Crippen LogP) is 4.39. The molecule has 0 saturated carbocycles. The molecule has 30 heavy (non-hydrogen) atoms. The second kappa shape index (κ2) is 10.1. The van der Waals surface area contributed by atoms with Gasteiger partial charge in [0.15, 0.2) is 10.2 Å². The Morgan fingerprint density at radius 1 is 1.13 bits per heavy atom. The maximum Gasteiger partial charge on any atom is 0.338 e. The fourth-order valence-electron chi connectivity index (χ4n) is 2.54. The number of fused-ring (bicyclic) bond motifs is 1. The van der Waals surface area contributed by atoms with E-state index in [1.54, 1.807) is 49.6 Å². The van der Waals surface area contributed by atoms with E-state index in [0.29, 0.717) is 28.6 Å². The topological polar surface area (TPSA) is 89.5 Å². The smallest absolute Gasteiger partial charge is 0.338 e. The van der Waals surface area contributed by atoms with E-state index >= 15 is 0 Å². The number of esters is 1. The Morgan fingerprint density at radius 3 is 2.57 bits per heavy atom. The van der Waals surface area contributed by atoms with Crippen LogP contribution in [0.4, 0.5) is 5.13 Å². The van der Waals surface area contributed by atoms with E-state index in [-0.39, 0.29) is 17.0 Å². The van der Waals surface area contributed by atoms with Crippen LogP contribution >= 0.6 is 23.6 Å². The Kier molecular flexibility index (Phi) is 7.31. The van der Waals surface area contributed by atoms with Crippen molar-refractivity contribution in [3.8, 4) is 5.75 Å². The second-order valence-electron chi connectivity index (χ2n) is 6.33. The third kappa shape index (κ3) is 5.52. The Hall–Kier alpha value is -3.04. The molecule has 0 aliphatic carbocycles. The molecule has 9 heteroatoms. The van der Waals surface area contributed by atoms with Crippen molar-refractivity contribution in [1.82, 2.24) is 10.3 Å². The van der Waals surface area contributed by atoms with Crippen LogP contribution in [0.5, 0.6) is 5.75 Å². The number of rotatable bonds is 7. The molecule has 0 spiro atoms. The number of methoxy groups -OCH3 is 1. The molecule has 0 radical (unpaired) electrons. The highest BCUT2D eigenvalue weighted by Gasteiger charge is 2.13. The van der Waals surface area contributed by atoms with E-state index in [1.165, 1.54) is 11.3 Å². The molecule has 0 aliphatic rings. The Labute approximate surface area is 183 Å². The monoisotopic (exact) mass is 443 g/mol. The normalized spacial score (nSPS) is 10.5. The number of nitrogens with one attached hydrogen (secondary N) is 2. The number of nitrogens with zero attached hydrogens (tertiary/aromatic N) is 1. The first kappa shape index (κ1) is 21.7. The molecular weight excluding hydrogens is 422 g/mol. The highest BCUT2D eigenvalue weighted by Crippen LogP contribution is 2.27. The van der Waals surface area contributed by atoms with Gasteiger partial charge in [0.2, 0.25) is 0 Å². The van der Waals surface area contributed by atoms with Gasteiger partial charge in [-0.2, -0.15) is 0 Å². The first-order valence-corrected chi connectivity index (χ1v) is 10.6. The summed E-state index contributed by atoms with van der Waals surface area (Å²) < 4.78 is 11.1. The number of thiazole rings is 1. The van der Waals surface area contributed by atoms with E-state index in [1.807, 2.05) is 6.92 Å². The van der Waals surface area contributed by atoms with Crippen LogP contribution in [-0.2, 0) is 4.74 Å². The van der Waals surface area contributed by atoms with Crippen LogP contribution in [-0.4, -0.2) is 35.7 Å². The fraction of sp³-hybridized carbons (Fsp3) is 0.238. The third-order valence-electron chi connectivity index (χ3n) is 4.15. The molecule has 3 rings (SSSR count). The van der Waals surface area contributed by atoms with Crippen LogP contribution in [0.3, 0.4) is 0 Å². The lowest BCUT2D eigenvalue weighted by Crippen LogP contribution is -2.34. The zero-order chi connectivity index (χ0) is 21.5. The van der Waals surface area contributed by atoms with Gasteiger partial charge in [0.1, 0.15) is 5.75 Å². The maximum absolute atomic E-state index is 12.3. The first-order chi connectivity index (χ1) is 14.5. The standard InChI is InChI=1S/C21H21N3O4S2/c1-3-4-11-28-19(26)14-7-10-16-17(12-14)30-21(22-16)24-20(29)23-18(25)13-5-8-15(27-2)9-6-13/h5-10,12H,3-4,11H2,1-2H3,(H2,22,23,24,25,29). The summed E-state index contributed by atoms with van der Waals surface area (Å²) in [6.07, 6.45) is 1.80. The van der Waals surface area contributed by atoms with Crippen LogP contribution in [0.25, 0.3) is 10.2 Å². The van der Waals surface area contributed by atoms with Gasteiger partial charge in [-0.15, -0.1) is 0 Å². The minimum atomic E-state index is -0.351. The Balaban J connectivity index is 1.62. The van der Waals surface area contributed by atoms with Crippen molar-refractivity contribution in [2.75, 3.05) is 19.0 Å². The molecule has 7 nitrogen and oxygen atoms in total. The van der Waals surface area contributed by atoms with Gasteiger partial charge in [0.25, 0.3) is 5.91 Å². The van der Waals surface area contributed by atoms with Crippen molar-refractivity contribution in [1.29, 1.82) is 0 Å². The van der Waals surface area contributed by atoms with Crippen molar-refractivity contribution >= 4 is 55.9 Å². The molecule has 1 heterocycles. The number of amides is 1. The largest absolute Gasteiger partial charge is 0.497 e. The maximum atomic E-state index is 12.3. The number of ether oxygens (including phenoxy) is 2. The predicted molar refractivity (Wildman–Crippen MR) is 121 cm³/mol. The van der Waals surface area contributed by atoms with E-state index in [9.17, 15) is 9.59 Å². The molecule has 3 aromatic rings. The van der Waals surface area contributed by atoms with Crippen LogP contribution < -0.4 is 15.4 Å². The van der Waals surface area contributed by atoms with Crippen molar-refractivity contribution in [2.45, 2.75) is 19.8 Å². The highest BCUT2D eigenvalue weighted by atomic mass is 32.1. The lowest BCUT2D eigenvalue weighted by atomic mass is 10.2. The van der Waals surface area contributed by atoms with Crippen LogP contribution in [0, 0.1) is 0 Å². The molecular formula is C21H21N3O4S2. The minimum absolute atomic E-state index is 0.133. The van der Waals surface area contributed by atoms with Gasteiger partial charge in [0.05, 0.1) is 29.5 Å². The quantitative estimate of drug-likeness (QED) is 0.318. The number of benzene rings is 2. The van der Waals surface area contributed by atoms with Gasteiger partial charge < -0.3 is 14.8 Å². The number of hydrogen-bond donors (Lipinski definition) is 2. The molecule has 0 fully saturated rings. The number of thiocarbonyl (C=S) groups is 1. The van der Waals surface area contributed by atoms with Gasteiger partial charge in [-0.05, 0) is 61.1 Å². The second-order valence-corrected chi connectivity index (χ2v) is 7.77. The molecule has 0 atom stereocenters. The first-order valence-electron chi connectivity index (χ1n) is 9.34. The summed E-state index contributed by atoms with van der Waals surface area (Å²) >= 11 is 6.54. The van der Waals surface area contributed by atoms with Crippen molar-refractivity contribution in [2.24, 2.45) is 0 Å². The Morgan fingerprint density at radius 2 is 1.87 bits per heavy atom. The number of hydrogen-bond acceptors (Lipinski definition) is 7. The average molecular weight is 444 g/mol. The van der Waals surface area contributed by atoms with Crippen molar-refractivity contribution < 1.29 is 19.1 Å². The van der Waals surface area contributed by atoms with E-state index in [0.717, 1.165) is 23.1 Å². The Bertz CT molecular complexity index is 1060. The summed E-state index contributed by atoms with van der Waals surface area (Å²) in [5.74, 6) is -0.0285. The summed E-state index contributed by atoms with van der Waals surface area (Å²) in [5, 5.41) is 6.18. The summed E-state index contributed by atoms with van der Waals surface area (Å²) in [4.78, 5) is 28.8. The van der Waals surface area contributed by atoms with Crippen molar-refractivity contribution in [3.05, 3.63) is 53.6 Å². The van der Waals surface area contributed by atoms with Gasteiger partial charge >= 0.3 is 5.97 Å². The molecule has 0 saturated heterocycles. The van der Waals surface area contributed by atoms with Crippen LogP contribution in [0.2, 0.25) is 0 Å². The molecule has 0 bridgehead atoms. The van der Waals surface area contributed by atoms with E-state index in [2.05, 4.69) is 15.6 Å². The number of aromatic nitrogens is 1. The van der Waals surface area contributed by atoms with Gasteiger partial charge in [0, 0.05) is 5.56 Å². The minimum Gasteiger partial charge on any atom is -0.497 e. The van der Waals surface area contributed by atoms with Gasteiger partial charge in [-0.1, -0.05) is 24.7 Å². The zero-order valence-electron chi connectivity index (χ0n) is 16.6. The fourth-order valence-corrected chi connectivity index (χ4v) is 3.71. The number of unbranched alkanes of at least 4 members (excludes halogenated alkanes) is 1.